The van der Waals surface area contributed by atoms with Crippen molar-refractivity contribution in [1.29, 1.82) is 0 Å². The summed E-state index contributed by atoms with van der Waals surface area (Å²) in [5, 5.41) is 3.45. The van der Waals surface area contributed by atoms with Crippen LogP contribution in [0.3, 0.4) is 0 Å². The van der Waals surface area contributed by atoms with Gasteiger partial charge in [-0.3, -0.25) is 19.7 Å². The van der Waals surface area contributed by atoms with Crippen molar-refractivity contribution in [3.8, 4) is 0 Å². The van der Waals surface area contributed by atoms with Gasteiger partial charge in [-0.15, -0.1) is 0 Å². The van der Waals surface area contributed by atoms with E-state index in [1.807, 2.05) is 24.3 Å². The summed E-state index contributed by atoms with van der Waals surface area (Å²) in [7, 11) is 0. The highest BCUT2D eigenvalue weighted by Crippen LogP contribution is 2.40. The molecular formula is C19H17N5O. The summed E-state index contributed by atoms with van der Waals surface area (Å²) in [6.45, 7) is 1.34. The van der Waals surface area contributed by atoms with Gasteiger partial charge in [-0.1, -0.05) is 24.3 Å². The molecule has 3 aliphatic heterocycles. The van der Waals surface area contributed by atoms with Crippen LogP contribution in [0.25, 0.3) is 5.57 Å². The van der Waals surface area contributed by atoms with E-state index in [1.54, 1.807) is 23.5 Å². The molecule has 1 spiro atoms. The second-order valence-corrected chi connectivity index (χ2v) is 6.66. The molecule has 0 aliphatic carbocycles. The fourth-order valence-electron chi connectivity index (χ4n) is 3.83. The first-order valence-electron chi connectivity index (χ1n) is 8.46. The first-order valence-corrected chi connectivity index (χ1v) is 8.46. The maximum atomic E-state index is 13.1. The van der Waals surface area contributed by atoms with Gasteiger partial charge in [0.2, 0.25) is 0 Å². The number of anilines is 2. The van der Waals surface area contributed by atoms with Crippen LogP contribution in [0, 0.1) is 0 Å². The zero-order chi connectivity index (χ0) is 16.9. The molecule has 124 valence electrons. The number of nitrogens with one attached hydrogen (secondary N) is 1. The van der Waals surface area contributed by atoms with Gasteiger partial charge in [-0.25, -0.2) is 4.98 Å². The van der Waals surface area contributed by atoms with Crippen molar-refractivity contribution in [2.75, 3.05) is 23.3 Å². The largest absolute Gasteiger partial charge is 0.371 e. The van der Waals surface area contributed by atoms with Crippen molar-refractivity contribution in [1.82, 2.24) is 9.97 Å². The molecule has 1 saturated heterocycles. The van der Waals surface area contributed by atoms with E-state index in [2.05, 4.69) is 26.3 Å². The Morgan fingerprint density at radius 3 is 2.84 bits per heavy atom. The third-order valence-corrected chi connectivity index (χ3v) is 5.16. The second kappa shape index (κ2) is 5.24. The summed E-state index contributed by atoms with van der Waals surface area (Å²) in [5.41, 5.74) is 3.50. The Hall–Kier alpha value is -3.02. The van der Waals surface area contributed by atoms with Crippen molar-refractivity contribution in [2.24, 2.45) is 4.99 Å². The van der Waals surface area contributed by atoms with Crippen molar-refractivity contribution in [3.05, 3.63) is 54.0 Å². The van der Waals surface area contributed by atoms with Gasteiger partial charge < -0.3 is 5.32 Å². The number of carbonyl (C=O) groups is 1. The normalized spacial score (nSPS) is 23.9. The molecule has 3 aliphatic rings. The molecule has 6 nitrogen and oxygen atoms in total. The lowest BCUT2D eigenvalue weighted by Crippen LogP contribution is -2.45. The summed E-state index contributed by atoms with van der Waals surface area (Å²) in [6.07, 6.45) is 8.71. The molecular weight excluding hydrogens is 314 g/mol. The molecule has 1 fully saturated rings. The highest BCUT2D eigenvalue weighted by Gasteiger charge is 2.50. The fraction of sp³-hybridized carbons (Fsp3) is 0.263. The third-order valence-electron chi connectivity index (χ3n) is 5.16. The maximum absolute atomic E-state index is 13.1. The summed E-state index contributed by atoms with van der Waals surface area (Å²) in [5.74, 6) is 0.686. The molecule has 1 N–H and O–H groups in total. The number of aromatic nitrogens is 2. The molecule has 5 rings (SSSR count). The SMILES string of the molecule is O=C1N(c2cnc(C3=CCN=C3)cn2)CCC12Cc1ccccc1N2. The lowest BCUT2D eigenvalue weighted by Gasteiger charge is -2.23. The summed E-state index contributed by atoms with van der Waals surface area (Å²) in [4.78, 5) is 27.9. The Kier molecular flexibility index (Phi) is 3.00. The van der Waals surface area contributed by atoms with Gasteiger partial charge in [0.05, 0.1) is 24.6 Å². The number of para-hydroxylation sites is 1. The molecule has 2 aromatic rings. The van der Waals surface area contributed by atoms with Crippen LogP contribution in [0.2, 0.25) is 0 Å². The topological polar surface area (TPSA) is 70.5 Å². The van der Waals surface area contributed by atoms with Crippen LogP contribution in [0.5, 0.6) is 0 Å². The molecule has 0 bridgehead atoms. The maximum Gasteiger partial charge on any atom is 0.254 e. The van der Waals surface area contributed by atoms with Crippen LogP contribution in [0.1, 0.15) is 17.7 Å². The van der Waals surface area contributed by atoms with Crippen molar-refractivity contribution in [3.63, 3.8) is 0 Å². The first kappa shape index (κ1) is 14.3. The molecule has 0 radical (unpaired) electrons. The average Bonchev–Trinajstić information content (AvgIpc) is 3.36. The van der Waals surface area contributed by atoms with Crippen LogP contribution in [0.4, 0.5) is 11.5 Å². The zero-order valence-electron chi connectivity index (χ0n) is 13.6. The van der Waals surface area contributed by atoms with E-state index in [-0.39, 0.29) is 5.91 Å². The van der Waals surface area contributed by atoms with Gasteiger partial charge >= 0.3 is 0 Å². The standard InChI is InChI=1S/C19H17N5O/c25-18-19(9-13-3-1-2-4-15(13)23-19)6-8-24(18)17-12-21-16(11-22-17)14-5-7-20-10-14/h1-5,10-12,23H,6-9H2. The number of rotatable bonds is 2. The minimum absolute atomic E-state index is 0.0763. The van der Waals surface area contributed by atoms with Gasteiger partial charge in [0.15, 0.2) is 5.82 Å². The quantitative estimate of drug-likeness (QED) is 0.915. The lowest BCUT2D eigenvalue weighted by atomic mass is 9.94. The second-order valence-electron chi connectivity index (χ2n) is 6.66. The Morgan fingerprint density at radius 1 is 1.16 bits per heavy atom. The molecule has 0 saturated carbocycles. The van der Waals surface area contributed by atoms with E-state index in [1.165, 1.54) is 5.56 Å². The Labute approximate surface area is 145 Å². The van der Waals surface area contributed by atoms with Gasteiger partial charge in [0.25, 0.3) is 5.91 Å². The van der Waals surface area contributed by atoms with E-state index in [9.17, 15) is 4.79 Å². The lowest BCUT2D eigenvalue weighted by molar-refractivity contribution is -0.120. The monoisotopic (exact) mass is 331 g/mol. The van der Waals surface area contributed by atoms with Crippen molar-refractivity contribution < 1.29 is 4.79 Å². The van der Waals surface area contributed by atoms with Crippen LogP contribution in [-0.2, 0) is 11.2 Å². The Morgan fingerprint density at radius 2 is 2.08 bits per heavy atom. The third kappa shape index (κ3) is 2.17. The number of aliphatic imine (C=N–C) groups is 1. The smallest absolute Gasteiger partial charge is 0.254 e. The van der Waals surface area contributed by atoms with Crippen LogP contribution >= 0.6 is 0 Å². The predicted molar refractivity (Wildman–Crippen MR) is 96.8 cm³/mol. The minimum Gasteiger partial charge on any atom is -0.371 e. The predicted octanol–water partition coefficient (Wildman–Crippen LogP) is 2.09. The van der Waals surface area contributed by atoms with Gasteiger partial charge in [-0.2, -0.15) is 0 Å². The molecule has 1 amide bonds. The Balaban J connectivity index is 1.40. The van der Waals surface area contributed by atoms with E-state index < -0.39 is 5.54 Å². The number of nitrogens with zero attached hydrogens (tertiary/aromatic N) is 4. The van der Waals surface area contributed by atoms with E-state index in [4.69, 9.17) is 0 Å². The highest BCUT2D eigenvalue weighted by molar-refractivity contribution is 6.10. The summed E-state index contributed by atoms with van der Waals surface area (Å²) in [6, 6.07) is 8.12. The van der Waals surface area contributed by atoms with Crippen LogP contribution in [0.15, 0.2) is 47.7 Å². The fourth-order valence-corrected chi connectivity index (χ4v) is 3.83. The molecule has 6 heteroatoms. The number of amides is 1. The average molecular weight is 331 g/mol. The number of hydrogen-bond acceptors (Lipinski definition) is 5. The number of hydrogen-bond donors (Lipinski definition) is 1. The van der Waals surface area contributed by atoms with Gasteiger partial charge in [0, 0.05) is 30.4 Å². The van der Waals surface area contributed by atoms with Gasteiger partial charge in [-0.05, 0) is 18.1 Å². The molecule has 25 heavy (non-hydrogen) atoms. The van der Waals surface area contributed by atoms with Crippen molar-refractivity contribution in [2.45, 2.75) is 18.4 Å². The minimum atomic E-state index is -0.537. The molecule has 4 heterocycles. The van der Waals surface area contributed by atoms with E-state index in [0.717, 1.165) is 29.8 Å². The zero-order valence-corrected chi connectivity index (χ0v) is 13.6. The van der Waals surface area contributed by atoms with Crippen LogP contribution in [-0.4, -0.2) is 40.7 Å². The Bertz CT molecular complexity index is 891. The van der Waals surface area contributed by atoms with E-state index in [0.29, 0.717) is 18.9 Å². The summed E-state index contributed by atoms with van der Waals surface area (Å²) < 4.78 is 0. The number of allylic oxidation sites excluding steroid dienone is 1. The molecule has 1 aromatic carbocycles. The summed E-state index contributed by atoms with van der Waals surface area (Å²) >= 11 is 0. The van der Waals surface area contributed by atoms with Crippen LogP contribution < -0.4 is 10.2 Å². The number of benzene rings is 1. The number of carbonyl (C=O) groups excluding carboxylic acids is 1. The number of fused-ring (bicyclic) bond motifs is 1. The first-order chi connectivity index (χ1) is 12.3. The van der Waals surface area contributed by atoms with E-state index >= 15 is 0 Å². The van der Waals surface area contributed by atoms with Gasteiger partial charge in [0.1, 0.15) is 5.54 Å². The molecule has 1 unspecified atom stereocenters. The molecule has 1 atom stereocenters. The molecule has 1 aromatic heterocycles. The highest BCUT2D eigenvalue weighted by atomic mass is 16.2. The van der Waals surface area contributed by atoms with Crippen molar-refractivity contribution >= 4 is 29.2 Å².